The molecular weight excluding hydrogens is 572 g/mol. The molecule has 174 valence electrons. The van der Waals surface area contributed by atoms with E-state index in [9.17, 15) is 10.1 Å². The maximum Gasteiger partial charge on any atom is 0.266 e. The summed E-state index contributed by atoms with van der Waals surface area (Å²) in [6, 6.07) is 26.7. The third-order valence-corrected chi connectivity index (χ3v) is 6.38. The summed E-state index contributed by atoms with van der Waals surface area (Å²) in [7, 11) is 1.54. The van der Waals surface area contributed by atoms with Crippen molar-refractivity contribution in [2.24, 2.45) is 0 Å². The van der Waals surface area contributed by atoms with E-state index >= 15 is 0 Å². The Hall–Kier alpha value is -3.60. The van der Waals surface area contributed by atoms with Gasteiger partial charge in [-0.3, -0.25) is 4.79 Å². The number of ether oxygens (including phenoxy) is 2. The van der Waals surface area contributed by atoms with Crippen molar-refractivity contribution in [3.63, 3.8) is 0 Å². The van der Waals surface area contributed by atoms with Crippen molar-refractivity contribution in [3.05, 3.63) is 105 Å². The van der Waals surface area contributed by atoms with Crippen LogP contribution in [0.25, 0.3) is 16.8 Å². The van der Waals surface area contributed by atoms with E-state index in [0.29, 0.717) is 33.8 Å². The predicted octanol–water partition coefficient (Wildman–Crippen LogP) is 7.50. The fourth-order valence-electron chi connectivity index (χ4n) is 3.54. The Morgan fingerprint density at radius 3 is 2.51 bits per heavy atom. The van der Waals surface area contributed by atoms with Gasteiger partial charge in [-0.1, -0.05) is 64.5 Å². The molecule has 0 atom stereocenters. The summed E-state index contributed by atoms with van der Waals surface area (Å²) in [5.74, 6) is 0.523. The molecule has 4 aromatic carbocycles. The van der Waals surface area contributed by atoms with E-state index in [1.807, 2.05) is 72.8 Å². The highest BCUT2D eigenvalue weighted by Crippen LogP contribution is 2.38. The molecule has 35 heavy (non-hydrogen) atoms. The Morgan fingerprint density at radius 2 is 1.77 bits per heavy atom. The predicted molar refractivity (Wildman–Crippen MR) is 145 cm³/mol. The van der Waals surface area contributed by atoms with Crippen LogP contribution in [0.15, 0.2) is 93.4 Å². The van der Waals surface area contributed by atoms with Gasteiger partial charge in [0.25, 0.3) is 5.91 Å². The van der Waals surface area contributed by atoms with Gasteiger partial charge in [0.05, 0.1) is 11.6 Å². The van der Waals surface area contributed by atoms with Crippen molar-refractivity contribution in [1.82, 2.24) is 0 Å². The van der Waals surface area contributed by atoms with Crippen LogP contribution in [-0.2, 0) is 11.4 Å². The molecule has 0 unspecified atom stereocenters. The lowest BCUT2D eigenvalue weighted by atomic mass is 10.1. The van der Waals surface area contributed by atoms with Crippen LogP contribution in [0.3, 0.4) is 0 Å². The molecule has 4 rings (SSSR count). The highest BCUT2D eigenvalue weighted by molar-refractivity contribution is 9.10. The highest BCUT2D eigenvalue weighted by atomic mass is 79.9. The second-order valence-electron chi connectivity index (χ2n) is 7.60. The first-order valence-electron chi connectivity index (χ1n) is 10.6. The summed E-state index contributed by atoms with van der Waals surface area (Å²) >= 11 is 6.95. The van der Waals surface area contributed by atoms with Crippen molar-refractivity contribution < 1.29 is 14.3 Å². The zero-order chi connectivity index (χ0) is 24.8. The van der Waals surface area contributed by atoms with E-state index in [-0.39, 0.29) is 5.57 Å². The van der Waals surface area contributed by atoms with E-state index in [4.69, 9.17) is 9.47 Å². The number of benzene rings is 4. The van der Waals surface area contributed by atoms with Gasteiger partial charge in [-0.15, -0.1) is 0 Å². The first-order chi connectivity index (χ1) is 17.0. The molecule has 5 nitrogen and oxygen atoms in total. The van der Waals surface area contributed by atoms with E-state index in [2.05, 4.69) is 37.2 Å². The summed E-state index contributed by atoms with van der Waals surface area (Å²) in [6.07, 6.45) is 1.52. The smallest absolute Gasteiger partial charge is 0.266 e. The number of carbonyl (C=O) groups is 1. The molecule has 0 radical (unpaired) electrons. The van der Waals surface area contributed by atoms with Gasteiger partial charge >= 0.3 is 0 Å². The number of hydrogen-bond acceptors (Lipinski definition) is 4. The number of nitrogens with zero attached hydrogens (tertiary/aromatic N) is 1. The minimum absolute atomic E-state index is 0.0320. The number of fused-ring (bicyclic) bond motifs is 1. The number of nitrogens with one attached hydrogen (secondary N) is 1. The Balaban J connectivity index is 1.57. The zero-order valence-electron chi connectivity index (χ0n) is 18.7. The molecule has 1 amide bonds. The van der Waals surface area contributed by atoms with Crippen LogP contribution in [0.5, 0.6) is 11.5 Å². The molecule has 0 saturated carbocycles. The molecule has 0 bridgehead atoms. The summed E-state index contributed by atoms with van der Waals surface area (Å²) < 4.78 is 13.1. The Morgan fingerprint density at radius 1 is 1.03 bits per heavy atom. The zero-order valence-corrected chi connectivity index (χ0v) is 21.9. The van der Waals surface area contributed by atoms with Gasteiger partial charge < -0.3 is 14.8 Å². The maximum absolute atomic E-state index is 12.9. The monoisotopic (exact) mass is 590 g/mol. The van der Waals surface area contributed by atoms with Crippen molar-refractivity contribution in [2.45, 2.75) is 6.61 Å². The molecule has 0 saturated heterocycles. The van der Waals surface area contributed by atoms with E-state index in [0.717, 1.165) is 20.8 Å². The van der Waals surface area contributed by atoms with Gasteiger partial charge in [0.1, 0.15) is 18.2 Å². The van der Waals surface area contributed by atoms with Crippen LogP contribution in [0.1, 0.15) is 11.1 Å². The Bertz CT molecular complexity index is 1450. The summed E-state index contributed by atoms with van der Waals surface area (Å²) in [6.45, 7) is 0.355. The fourth-order valence-corrected chi connectivity index (χ4v) is 4.38. The lowest BCUT2D eigenvalue weighted by molar-refractivity contribution is -0.112. The summed E-state index contributed by atoms with van der Waals surface area (Å²) in [4.78, 5) is 12.9. The van der Waals surface area contributed by atoms with Gasteiger partial charge in [-0.2, -0.15) is 5.26 Å². The number of rotatable bonds is 7. The number of carbonyl (C=O) groups excluding carboxylic acids is 1. The van der Waals surface area contributed by atoms with Crippen molar-refractivity contribution in [2.75, 3.05) is 12.4 Å². The van der Waals surface area contributed by atoms with Crippen molar-refractivity contribution in [3.8, 4) is 17.6 Å². The second kappa shape index (κ2) is 11.2. The number of anilines is 1. The SMILES string of the molecule is COc1cc(/C=C(\C#N)C(=O)Nc2cccc3ccccc23)cc(Br)c1OCc1ccc(Br)cc1. The average molecular weight is 592 g/mol. The van der Waals surface area contributed by atoms with E-state index in [1.54, 1.807) is 19.2 Å². The van der Waals surface area contributed by atoms with Crippen molar-refractivity contribution >= 4 is 60.3 Å². The number of methoxy groups -OCH3 is 1. The minimum atomic E-state index is -0.491. The topological polar surface area (TPSA) is 71.3 Å². The summed E-state index contributed by atoms with van der Waals surface area (Å²) in [5.41, 5.74) is 2.23. The van der Waals surface area contributed by atoms with Gasteiger partial charge in [-0.25, -0.2) is 0 Å². The number of amides is 1. The van der Waals surface area contributed by atoms with Gasteiger partial charge in [0, 0.05) is 15.5 Å². The minimum Gasteiger partial charge on any atom is -0.493 e. The highest BCUT2D eigenvalue weighted by Gasteiger charge is 2.15. The van der Waals surface area contributed by atoms with Crippen LogP contribution in [0.4, 0.5) is 5.69 Å². The lowest BCUT2D eigenvalue weighted by Crippen LogP contribution is -2.13. The molecule has 0 aromatic heterocycles. The first-order valence-corrected chi connectivity index (χ1v) is 12.2. The maximum atomic E-state index is 12.9. The lowest BCUT2D eigenvalue weighted by Gasteiger charge is -2.14. The molecule has 7 heteroatoms. The molecule has 0 fully saturated rings. The molecule has 0 aliphatic heterocycles. The van der Waals surface area contributed by atoms with Crippen LogP contribution < -0.4 is 14.8 Å². The first kappa shape index (κ1) is 24.5. The average Bonchev–Trinajstić information content (AvgIpc) is 2.87. The van der Waals surface area contributed by atoms with E-state index < -0.39 is 5.91 Å². The largest absolute Gasteiger partial charge is 0.493 e. The molecule has 0 heterocycles. The van der Waals surface area contributed by atoms with Gasteiger partial charge in [-0.05, 0) is 68.9 Å². The Kier molecular flexibility index (Phi) is 7.86. The van der Waals surface area contributed by atoms with E-state index in [1.165, 1.54) is 6.08 Å². The molecular formula is C28H20Br2N2O3. The van der Waals surface area contributed by atoms with Crippen LogP contribution >= 0.6 is 31.9 Å². The number of nitriles is 1. The fraction of sp³-hybridized carbons (Fsp3) is 0.0714. The van der Waals surface area contributed by atoms with Crippen LogP contribution in [0.2, 0.25) is 0 Å². The molecule has 4 aromatic rings. The molecule has 1 N–H and O–H groups in total. The molecule has 0 spiro atoms. The number of hydrogen-bond donors (Lipinski definition) is 1. The van der Waals surface area contributed by atoms with Gasteiger partial charge in [0.15, 0.2) is 11.5 Å². The van der Waals surface area contributed by atoms with Crippen LogP contribution in [0, 0.1) is 11.3 Å². The molecule has 0 aliphatic carbocycles. The summed E-state index contributed by atoms with van der Waals surface area (Å²) in [5, 5.41) is 14.4. The normalized spacial score (nSPS) is 11.1. The third-order valence-electron chi connectivity index (χ3n) is 5.26. The van der Waals surface area contributed by atoms with Crippen LogP contribution in [-0.4, -0.2) is 13.0 Å². The second-order valence-corrected chi connectivity index (χ2v) is 9.37. The van der Waals surface area contributed by atoms with Crippen molar-refractivity contribution in [1.29, 1.82) is 5.26 Å². The standard InChI is InChI=1S/C28H20Br2N2O3/c1-34-26-15-19(14-24(30)27(26)35-17-18-9-11-22(29)12-10-18)13-21(16-31)28(33)32-25-8-4-6-20-5-2-3-7-23(20)25/h2-15H,17H2,1H3,(H,32,33)/b21-13+. The molecule has 0 aliphatic rings. The quantitative estimate of drug-likeness (QED) is 0.178. The van der Waals surface area contributed by atoms with Gasteiger partial charge in [0.2, 0.25) is 0 Å². The third kappa shape index (κ3) is 5.91. The number of halogens is 2. The Labute approximate surface area is 220 Å².